The fourth-order valence-electron chi connectivity index (χ4n) is 0.467. The summed E-state index contributed by atoms with van der Waals surface area (Å²) in [5, 5.41) is 5.25. The third-order valence-corrected chi connectivity index (χ3v) is 1.09. The summed E-state index contributed by atoms with van der Waals surface area (Å²) in [6.07, 6.45) is 0. The average molecular weight is 177 g/mol. The van der Waals surface area contributed by atoms with Crippen LogP contribution in [0.5, 0.6) is 0 Å². The van der Waals surface area contributed by atoms with Crippen molar-refractivity contribution in [3.63, 3.8) is 0 Å². The first-order valence-corrected chi connectivity index (χ1v) is 3.62. The first-order valence-electron chi connectivity index (χ1n) is 3.17. The third kappa shape index (κ3) is 4.07. The Labute approximate surface area is 72.1 Å². The van der Waals surface area contributed by atoms with Crippen molar-refractivity contribution in [2.75, 3.05) is 0 Å². The fraction of sp³-hybridized carbons (Fsp3) is 0.800. The van der Waals surface area contributed by atoms with Crippen LogP contribution in [-0.2, 0) is 0 Å². The maximum absolute atomic E-state index is 5.34. The van der Waals surface area contributed by atoms with E-state index < -0.39 is 4.87 Å². The Balaban J connectivity index is 4.31. The molecule has 0 rings (SSSR count). The van der Waals surface area contributed by atoms with Crippen molar-refractivity contribution in [3.8, 4) is 0 Å². The van der Waals surface area contributed by atoms with Crippen molar-refractivity contribution in [2.45, 2.75) is 25.6 Å². The highest BCUT2D eigenvalue weighted by Gasteiger charge is 2.19. The molecule has 0 radical (unpaired) electrons. The number of amidine groups is 1. The molecule has 0 aromatic heterocycles. The average Bonchev–Trinajstić information content (AvgIpc) is 1.79. The summed E-state index contributed by atoms with van der Waals surface area (Å²) >= 11 is 4.23. The Bertz CT molecular complexity index is 145. The molecular formula is C5H15N5S. The van der Waals surface area contributed by atoms with Gasteiger partial charge in [-0.1, -0.05) is 0 Å². The molecule has 6 heteroatoms. The van der Waals surface area contributed by atoms with E-state index in [1.54, 1.807) is 6.92 Å². The highest BCUT2D eigenvalue weighted by Crippen LogP contribution is 2.15. The summed E-state index contributed by atoms with van der Waals surface area (Å²) in [6, 6.07) is 0. The molecule has 0 aliphatic carbocycles. The van der Waals surface area contributed by atoms with Crippen LogP contribution in [0.25, 0.3) is 0 Å². The van der Waals surface area contributed by atoms with E-state index in [-0.39, 0.29) is 0 Å². The lowest BCUT2D eigenvalue weighted by atomic mass is 10.4. The highest BCUT2D eigenvalue weighted by molar-refractivity contribution is 7.81. The minimum absolute atomic E-state index is 0.421. The zero-order valence-electron chi connectivity index (χ0n) is 7.00. The quantitative estimate of drug-likeness (QED) is 0.118. The standard InChI is InChI=1S/C5H15N5S/c1-4(6)8-10(9-7)5(2,3)11/h9,11H,7H2,1-3H3,(H2,6,8). The zero-order valence-corrected chi connectivity index (χ0v) is 7.89. The van der Waals surface area contributed by atoms with Crippen molar-refractivity contribution in [1.82, 2.24) is 10.7 Å². The molecule has 66 valence electrons. The van der Waals surface area contributed by atoms with Crippen molar-refractivity contribution >= 4 is 18.5 Å². The molecule has 0 bridgehead atoms. The van der Waals surface area contributed by atoms with Crippen molar-refractivity contribution in [2.24, 2.45) is 16.7 Å². The summed E-state index contributed by atoms with van der Waals surface area (Å²) in [7, 11) is 0. The monoisotopic (exact) mass is 177 g/mol. The predicted molar refractivity (Wildman–Crippen MR) is 49.5 cm³/mol. The molecule has 0 aromatic rings. The molecule has 0 aromatic carbocycles. The van der Waals surface area contributed by atoms with Crippen LogP contribution in [0.3, 0.4) is 0 Å². The SMILES string of the molecule is C/C(N)=N/N(NN)C(C)(C)S. The van der Waals surface area contributed by atoms with Crippen LogP contribution < -0.4 is 17.1 Å². The minimum atomic E-state index is -0.477. The van der Waals surface area contributed by atoms with Crippen LogP contribution in [-0.4, -0.2) is 15.8 Å². The van der Waals surface area contributed by atoms with Gasteiger partial charge in [0.15, 0.2) is 0 Å². The minimum Gasteiger partial charge on any atom is -0.386 e. The van der Waals surface area contributed by atoms with Gasteiger partial charge in [0.25, 0.3) is 0 Å². The molecule has 5 N–H and O–H groups in total. The lowest BCUT2D eigenvalue weighted by Crippen LogP contribution is -2.49. The first kappa shape index (κ1) is 10.5. The number of rotatable bonds is 3. The van der Waals surface area contributed by atoms with Crippen LogP contribution in [0.4, 0.5) is 0 Å². The highest BCUT2D eigenvalue weighted by atomic mass is 32.1. The molecule has 0 aliphatic heterocycles. The number of nitrogens with two attached hydrogens (primary N) is 2. The molecule has 0 atom stereocenters. The van der Waals surface area contributed by atoms with E-state index in [4.69, 9.17) is 11.6 Å². The van der Waals surface area contributed by atoms with Gasteiger partial charge in [0.05, 0.1) is 0 Å². The Hall–Kier alpha value is -0.460. The molecule has 0 saturated carbocycles. The van der Waals surface area contributed by atoms with Gasteiger partial charge in [0.2, 0.25) is 0 Å². The number of hydrazine groups is 2. The van der Waals surface area contributed by atoms with Gasteiger partial charge in [0.1, 0.15) is 10.7 Å². The number of nitrogens with one attached hydrogen (secondary N) is 1. The van der Waals surface area contributed by atoms with Gasteiger partial charge in [-0.25, -0.2) is 0 Å². The Morgan fingerprint density at radius 1 is 1.64 bits per heavy atom. The van der Waals surface area contributed by atoms with E-state index in [1.807, 2.05) is 13.8 Å². The molecule has 11 heavy (non-hydrogen) atoms. The number of nitrogens with zero attached hydrogens (tertiary/aromatic N) is 2. The number of hydrazone groups is 1. The molecule has 0 amide bonds. The van der Waals surface area contributed by atoms with Gasteiger partial charge in [-0.05, 0) is 20.8 Å². The van der Waals surface area contributed by atoms with E-state index in [0.29, 0.717) is 5.84 Å². The largest absolute Gasteiger partial charge is 0.386 e. The summed E-state index contributed by atoms with van der Waals surface area (Å²) in [6.45, 7) is 5.34. The van der Waals surface area contributed by atoms with Crippen molar-refractivity contribution < 1.29 is 0 Å². The molecular weight excluding hydrogens is 162 g/mol. The van der Waals surface area contributed by atoms with Gasteiger partial charge >= 0.3 is 0 Å². The molecule has 0 fully saturated rings. The van der Waals surface area contributed by atoms with E-state index in [0.717, 1.165) is 0 Å². The maximum atomic E-state index is 5.34. The molecule has 0 saturated heterocycles. The van der Waals surface area contributed by atoms with Crippen LogP contribution in [0.2, 0.25) is 0 Å². The molecule has 0 unspecified atom stereocenters. The van der Waals surface area contributed by atoms with E-state index in [2.05, 4.69) is 23.3 Å². The number of thiol groups is 1. The van der Waals surface area contributed by atoms with Gasteiger partial charge in [0, 0.05) is 0 Å². The predicted octanol–water partition coefficient (Wildman–Crippen LogP) is -0.375. The van der Waals surface area contributed by atoms with Gasteiger partial charge in [-0.3, -0.25) is 5.84 Å². The Morgan fingerprint density at radius 3 is 2.18 bits per heavy atom. The second-order valence-electron chi connectivity index (χ2n) is 2.68. The van der Waals surface area contributed by atoms with Crippen LogP contribution >= 0.6 is 12.6 Å². The zero-order chi connectivity index (χ0) is 9.07. The van der Waals surface area contributed by atoms with E-state index >= 15 is 0 Å². The normalized spacial score (nSPS) is 13.4. The van der Waals surface area contributed by atoms with Crippen LogP contribution in [0.15, 0.2) is 5.10 Å². The van der Waals surface area contributed by atoms with E-state index in [9.17, 15) is 0 Å². The Morgan fingerprint density at radius 2 is 2.09 bits per heavy atom. The lowest BCUT2D eigenvalue weighted by Gasteiger charge is -2.30. The summed E-state index contributed by atoms with van der Waals surface area (Å²) in [5.41, 5.74) is 7.71. The first-order chi connectivity index (χ1) is 4.88. The second kappa shape index (κ2) is 3.80. The molecule has 5 nitrogen and oxygen atoms in total. The molecule has 0 aliphatic rings. The Kier molecular flexibility index (Phi) is 3.64. The molecule has 0 spiro atoms. The summed E-state index contributed by atoms with van der Waals surface area (Å²) in [5.74, 6) is 5.59. The van der Waals surface area contributed by atoms with Gasteiger partial charge < -0.3 is 5.73 Å². The van der Waals surface area contributed by atoms with Gasteiger partial charge in [-0.15, -0.1) is 17.7 Å². The second-order valence-corrected chi connectivity index (χ2v) is 3.77. The number of hydrogen-bond donors (Lipinski definition) is 4. The maximum Gasteiger partial charge on any atom is 0.118 e. The van der Waals surface area contributed by atoms with Crippen molar-refractivity contribution in [3.05, 3.63) is 0 Å². The smallest absolute Gasteiger partial charge is 0.118 e. The summed E-state index contributed by atoms with van der Waals surface area (Å²) < 4.78 is 0. The fourth-order valence-corrected chi connectivity index (χ4v) is 0.569. The van der Waals surface area contributed by atoms with Crippen molar-refractivity contribution in [1.29, 1.82) is 0 Å². The topological polar surface area (TPSA) is 79.7 Å². The molecule has 0 heterocycles. The third-order valence-electron chi connectivity index (χ3n) is 0.898. The van der Waals surface area contributed by atoms with E-state index in [1.165, 1.54) is 5.12 Å². The van der Waals surface area contributed by atoms with Crippen LogP contribution in [0, 0.1) is 0 Å². The van der Waals surface area contributed by atoms with Gasteiger partial charge in [-0.2, -0.15) is 10.7 Å². The number of hydrogen-bond acceptors (Lipinski definition) is 5. The summed E-state index contributed by atoms with van der Waals surface area (Å²) in [4.78, 5) is -0.477. The van der Waals surface area contributed by atoms with Crippen LogP contribution in [0.1, 0.15) is 20.8 Å². The lowest BCUT2D eigenvalue weighted by molar-refractivity contribution is 0.130.